The SMILES string of the molecule is O=C(NC(=S)Nc1cccc(OCCCc2ccccc2)c1)c1ccc(Cl)cc1Cl. The molecule has 0 aromatic heterocycles. The number of nitrogens with one attached hydrogen (secondary N) is 2. The van der Waals surface area contributed by atoms with Crippen LogP contribution in [0, 0.1) is 0 Å². The monoisotopic (exact) mass is 458 g/mol. The Hall–Kier alpha value is -2.60. The van der Waals surface area contributed by atoms with Gasteiger partial charge in [-0.3, -0.25) is 10.1 Å². The molecule has 154 valence electrons. The number of ether oxygens (including phenoxy) is 1. The summed E-state index contributed by atoms with van der Waals surface area (Å²) in [4.78, 5) is 12.3. The number of halogens is 2. The molecule has 30 heavy (non-hydrogen) atoms. The zero-order valence-electron chi connectivity index (χ0n) is 16.0. The highest BCUT2D eigenvalue weighted by molar-refractivity contribution is 7.80. The first kappa shape index (κ1) is 22.1. The smallest absolute Gasteiger partial charge is 0.258 e. The normalized spacial score (nSPS) is 10.3. The van der Waals surface area contributed by atoms with Gasteiger partial charge in [0.25, 0.3) is 5.91 Å². The molecule has 4 nitrogen and oxygen atoms in total. The minimum Gasteiger partial charge on any atom is -0.494 e. The van der Waals surface area contributed by atoms with Gasteiger partial charge in [0.15, 0.2) is 5.11 Å². The van der Waals surface area contributed by atoms with Gasteiger partial charge in [-0.25, -0.2) is 0 Å². The Balaban J connectivity index is 1.49. The van der Waals surface area contributed by atoms with Crippen molar-refractivity contribution in [3.05, 3.63) is 94.0 Å². The van der Waals surface area contributed by atoms with E-state index in [-0.39, 0.29) is 10.1 Å². The topological polar surface area (TPSA) is 50.4 Å². The van der Waals surface area contributed by atoms with Crippen LogP contribution in [0.5, 0.6) is 5.75 Å². The van der Waals surface area contributed by atoms with Gasteiger partial charge in [0.05, 0.1) is 17.2 Å². The lowest BCUT2D eigenvalue weighted by Crippen LogP contribution is -2.34. The fourth-order valence-corrected chi connectivity index (χ4v) is 3.49. The van der Waals surface area contributed by atoms with Crippen molar-refractivity contribution >= 4 is 52.1 Å². The molecule has 0 atom stereocenters. The Bertz CT molecular complexity index is 1030. The molecule has 0 unspecified atom stereocenters. The Morgan fingerprint density at radius 1 is 0.967 bits per heavy atom. The van der Waals surface area contributed by atoms with Gasteiger partial charge in [-0.2, -0.15) is 0 Å². The summed E-state index contributed by atoms with van der Waals surface area (Å²) >= 11 is 17.2. The van der Waals surface area contributed by atoms with Gasteiger partial charge in [-0.1, -0.05) is 59.6 Å². The van der Waals surface area contributed by atoms with Crippen molar-refractivity contribution in [3.63, 3.8) is 0 Å². The van der Waals surface area contributed by atoms with Crippen LogP contribution in [-0.2, 0) is 6.42 Å². The predicted octanol–water partition coefficient (Wildman–Crippen LogP) is 6.13. The van der Waals surface area contributed by atoms with Gasteiger partial charge in [-0.05, 0) is 61.0 Å². The number of amides is 1. The fourth-order valence-electron chi connectivity index (χ4n) is 2.78. The van der Waals surface area contributed by atoms with Gasteiger partial charge in [0.2, 0.25) is 0 Å². The summed E-state index contributed by atoms with van der Waals surface area (Å²) in [6.07, 6.45) is 1.88. The third-order valence-electron chi connectivity index (χ3n) is 4.22. The predicted molar refractivity (Wildman–Crippen MR) is 127 cm³/mol. The van der Waals surface area contributed by atoms with E-state index in [4.69, 9.17) is 40.2 Å². The summed E-state index contributed by atoms with van der Waals surface area (Å²) in [6.45, 7) is 0.606. The van der Waals surface area contributed by atoms with E-state index >= 15 is 0 Å². The van der Waals surface area contributed by atoms with E-state index in [2.05, 4.69) is 22.8 Å². The standard InChI is InChI=1S/C23H20Cl2N2O2S/c24-17-11-12-20(21(25)14-17)22(28)27-23(30)26-18-9-4-10-19(15-18)29-13-5-8-16-6-2-1-3-7-16/h1-4,6-7,9-12,14-15H,5,8,13H2,(H2,26,27,28,30). The molecule has 0 bridgehead atoms. The molecule has 0 aliphatic heterocycles. The van der Waals surface area contributed by atoms with E-state index in [0.717, 1.165) is 18.6 Å². The number of anilines is 1. The van der Waals surface area contributed by atoms with Gasteiger partial charge in [-0.15, -0.1) is 0 Å². The molecule has 0 radical (unpaired) electrons. The van der Waals surface area contributed by atoms with Crippen LogP contribution in [0.2, 0.25) is 10.0 Å². The highest BCUT2D eigenvalue weighted by Crippen LogP contribution is 2.21. The summed E-state index contributed by atoms with van der Waals surface area (Å²) in [5, 5.41) is 6.46. The van der Waals surface area contributed by atoms with E-state index in [9.17, 15) is 4.79 Å². The first-order chi connectivity index (χ1) is 14.5. The van der Waals surface area contributed by atoms with Gasteiger partial charge in [0.1, 0.15) is 5.75 Å². The van der Waals surface area contributed by atoms with Crippen LogP contribution >= 0.6 is 35.4 Å². The van der Waals surface area contributed by atoms with Gasteiger partial charge >= 0.3 is 0 Å². The molecule has 1 amide bonds. The lowest BCUT2D eigenvalue weighted by Gasteiger charge is -2.12. The van der Waals surface area contributed by atoms with Gasteiger partial charge in [0, 0.05) is 16.8 Å². The third kappa shape index (κ3) is 6.73. The fraction of sp³-hybridized carbons (Fsp3) is 0.130. The van der Waals surface area contributed by atoms with Crippen LogP contribution < -0.4 is 15.4 Å². The van der Waals surface area contributed by atoms with E-state index in [1.807, 2.05) is 42.5 Å². The molecular formula is C23H20Cl2N2O2S. The van der Waals surface area contributed by atoms with E-state index in [1.165, 1.54) is 11.6 Å². The first-order valence-corrected chi connectivity index (χ1v) is 10.5. The molecule has 0 spiro atoms. The average molecular weight is 459 g/mol. The molecule has 7 heteroatoms. The van der Waals surface area contributed by atoms with Gasteiger partial charge < -0.3 is 10.1 Å². The van der Waals surface area contributed by atoms with E-state index in [0.29, 0.717) is 22.9 Å². The van der Waals surface area contributed by atoms with Crippen molar-refractivity contribution in [1.29, 1.82) is 0 Å². The van der Waals surface area contributed by atoms with Crippen molar-refractivity contribution in [3.8, 4) is 5.75 Å². The summed E-state index contributed by atoms with van der Waals surface area (Å²) in [6, 6.07) is 22.3. The lowest BCUT2D eigenvalue weighted by molar-refractivity contribution is 0.0978. The van der Waals surface area contributed by atoms with Crippen LogP contribution in [0.15, 0.2) is 72.8 Å². The number of carbonyl (C=O) groups excluding carboxylic acids is 1. The average Bonchev–Trinajstić information content (AvgIpc) is 2.72. The molecule has 3 aromatic carbocycles. The number of hydrogen-bond acceptors (Lipinski definition) is 3. The largest absolute Gasteiger partial charge is 0.494 e. The Labute approximate surface area is 191 Å². The minimum absolute atomic E-state index is 0.159. The molecule has 3 aromatic rings. The van der Waals surface area contributed by atoms with Crippen LogP contribution in [0.3, 0.4) is 0 Å². The number of aryl methyl sites for hydroxylation is 1. The first-order valence-electron chi connectivity index (χ1n) is 9.35. The Morgan fingerprint density at radius 3 is 2.53 bits per heavy atom. The minimum atomic E-state index is -0.414. The van der Waals surface area contributed by atoms with Crippen LogP contribution in [0.1, 0.15) is 22.3 Å². The van der Waals surface area contributed by atoms with E-state index < -0.39 is 5.91 Å². The maximum absolute atomic E-state index is 12.3. The number of thiocarbonyl (C=S) groups is 1. The van der Waals surface area contributed by atoms with Crippen molar-refractivity contribution in [2.24, 2.45) is 0 Å². The number of hydrogen-bond donors (Lipinski definition) is 2. The maximum Gasteiger partial charge on any atom is 0.258 e. The van der Waals surface area contributed by atoms with Crippen LogP contribution in [0.25, 0.3) is 0 Å². The second-order valence-electron chi connectivity index (χ2n) is 6.50. The summed E-state index contributed by atoms with van der Waals surface area (Å²) in [7, 11) is 0. The molecule has 0 aliphatic carbocycles. The Morgan fingerprint density at radius 2 is 1.77 bits per heavy atom. The second-order valence-corrected chi connectivity index (χ2v) is 7.75. The van der Waals surface area contributed by atoms with Crippen molar-refractivity contribution in [2.75, 3.05) is 11.9 Å². The lowest BCUT2D eigenvalue weighted by atomic mass is 10.1. The number of benzene rings is 3. The molecular weight excluding hydrogens is 439 g/mol. The summed E-state index contributed by atoms with van der Waals surface area (Å²) in [5.41, 5.74) is 2.29. The second kappa shape index (κ2) is 11.0. The van der Waals surface area contributed by atoms with Crippen molar-refractivity contribution in [2.45, 2.75) is 12.8 Å². The van der Waals surface area contributed by atoms with Crippen LogP contribution in [0.4, 0.5) is 5.69 Å². The van der Waals surface area contributed by atoms with Crippen LogP contribution in [-0.4, -0.2) is 17.6 Å². The highest BCUT2D eigenvalue weighted by Gasteiger charge is 2.12. The molecule has 2 N–H and O–H groups in total. The molecule has 3 rings (SSSR count). The highest BCUT2D eigenvalue weighted by atomic mass is 35.5. The zero-order chi connectivity index (χ0) is 21.3. The number of carbonyl (C=O) groups is 1. The molecule has 0 heterocycles. The quantitative estimate of drug-likeness (QED) is 0.330. The zero-order valence-corrected chi connectivity index (χ0v) is 18.4. The third-order valence-corrected chi connectivity index (χ3v) is 4.97. The van der Waals surface area contributed by atoms with Crippen molar-refractivity contribution < 1.29 is 9.53 Å². The molecule has 0 saturated heterocycles. The van der Waals surface area contributed by atoms with Crippen molar-refractivity contribution in [1.82, 2.24) is 5.32 Å². The Kier molecular flexibility index (Phi) is 8.08. The molecule has 0 aliphatic rings. The van der Waals surface area contributed by atoms with E-state index in [1.54, 1.807) is 12.1 Å². The summed E-state index contributed by atoms with van der Waals surface area (Å²) in [5.74, 6) is 0.311. The molecule has 0 fully saturated rings. The molecule has 0 saturated carbocycles. The summed E-state index contributed by atoms with van der Waals surface area (Å²) < 4.78 is 5.83. The number of rotatable bonds is 7. The maximum atomic E-state index is 12.3.